The molecule has 2 rings (SSSR count). The molecule has 26 heavy (non-hydrogen) atoms. The van der Waals surface area contributed by atoms with Crippen LogP contribution in [0.5, 0.6) is 0 Å². The van der Waals surface area contributed by atoms with E-state index in [4.69, 9.17) is 9.47 Å². The Labute approximate surface area is 153 Å². The Morgan fingerprint density at radius 2 is 1.85 bits per heavy atom. The van der Waals surface area contributed by atoms with Crippen molar-refractivity contribution in [3.8, 4) is 0 Å². The first kappa shape index (κ1) is 19.8. The second-order valence-electron chi connectivity index (χ2n) is 6.75. The molecule has 0 saturated carbocycles. The van der Waals surface area contributed by atoms with E-state index in [0.29, 0.717) is 30.6 Å². The molecule has 1 heterocycles. The van der Waals surface area contributed by atoms with Crippen molar-refractivity contribution in [1.29, 1.82) is 0 Å². The molecule has 1 aliphatic heterocycles. The Morgan fingerprint density at radius 1 is 1.15 bits per heavy atom. The highest BCUT2D eigenvalue weighted by atomic mass is 16.5. The van der Waals surface area contributed by atoms with E-state index < -0.39 is 12.1 Å². The number of carbonyl (C=O) groups excluding carboxylic acids is 3. The number of benzene rings is 1. The smallest absolute Gasteiger partial charge is 0.411 e. The highest BCUT2D eigenvalue weighted by Gasteiger charge is 2.26. The van der Waals surface area contributed by atoms with Crippen LogP contribution in [0.15, 0.2) is 24.3 Å². The van der Waals surface area contributed by atoms with Crippen molar-refractivity contribution in [1.82, 2.24) is 4.90 Å². The fraction of sp³-hybridized carbons (Fsp3) is 0.526. The number of likely N-dealkylation sites (tertiary alicyclic amines) is 1. The van der Waals surface area contributed by atoms with Crippen molar-refractivity contribution in [3.05, 3.63) is 29.8 Å². The van der Waals surface area contributed by atoms with Gasteiger partial charge >= 0.3 is 12.1 Å². The first-order valence-corrected chi connectivity index (χ1v) is 8.87. The molecule has 1 fully saturated rings. The van der Waals surface area contributed by atoms with Crippen LogP contribution in [0, 0.1) is 11.8 Å². The second kappa shape index (κ2) is 9.22. The summed E-state index contributed by atoms with van der Waals surface area (Å²) in [4.78, 5) is 37.7. The molecule has 1 aromatic rings. The number of amides is 2. The van der Waals surface area contributed by atoms with Gasteiger partial charge in [0.1, 0.15) is 0 Å². The molecule has 1 saturated heterocycles. The van der Waals surface area contributed by atoms with Gasteiger partial charge in [0, 0.05) is 18.8 Å². The lowest BCUT2D eigenvalue weighted by Crippen LogP contribution is -2.44. The Kier molecular flexibility index (Phi) is 7.00. The molecule has 0 aliphatic carbocycles. The van der Waals surface area contributed by atoms with Crippen molar-refractivity contribution < 1.29 is 23.9 Å². The summed E-state index contributed by atoms with van der Waals surface area (Å²) in [5, 5.41) is 2.52. The lowest BCUT2D eigenvalue weighted by molar-refractivity contribution is -0.137. The number of esters is 1. The van der Waals surface area contributed by atoms with E-state index in [0.717, 1.165) is 6.42 Å². The number of nitrogens with one attached hydrogen (secondary N) is 1. The number of anilines is 1. The van der Waals surface area contributed by atoms with E-state index in [1.165, 1.54) is 6.07 Å². The molecular weight excluding hydrogens is 336 g/mol. The fourth-order valence-electron chi connectivity index (χ4n) is 3.18. The third-order valence-electron chi connectivity index (χ3n) is 4.17. The summed E-state index contributed by atoms with van der Waals surface area (Å²) in [5.41, 5.74) is 0.676. The molecule has 2 atom stereocenters. The summed E-state index contributed by atoms with van der Waals surface area (Å²) in [6, 6.07) is 6.30. The van der Waals surface area contributed by atoms with Gasteiger partial charge in [-0.25, -0.2) is 9.59 Å². The van der Waals surface area contributed by atoms with E-state index in [2.05, 4.69) is 19.2 Å². The first-order valence-electron chi connectivity index (χ1n) is 8.87. The molecule has 0 spiro atoms. The average molecular weight is 362 g/mol. The molecule has 0 bridgehead atoms. The predicted molar refractivity (Wildman–Crippen MR) is 96.9 cm³/mol. The minimum Gasteiger partial charge on any atom is -0.452 e. The molecule has 7 nitrogen and oxygen atoms in total. The zero-order chi connectivity index (χ0) is 19.1. The van der Waals surface area contributed by atoms with E-state index in [1.807, 2.05) is 0 Å². The maximum atomic E-state index is 12.3. The third-order valence-corrected chi connectivity index (χ3v) is 4.17. The van der Waals surface area contributed by atoms with E-state index in [-0.39, 0.29) is 24.7 Å². The zero-order valence-corrected chi connectivity index (χ0v) is 15.5. The monoisotopic (exact) mass is 362 g/mol. The summed E-state index contributed by atoms with van der Waals surface area (Å²) in [7, 11) is 0. The molecule has 1 aliphatic rings. The highest BCUT2D eigenvalue weighted by Crippen LogP contribution is 2.21. The third kappa shape index (κ3) is 5.75. The van der Waals surface area contributed by atoms with E-state index in [9.17, 15) is 14.4 Å². The molecule has 142 valence electrons. The van der Waals surface area contributed by atoms with E-state index >= 15 is 0 Å². The van der Waals surface area contributed by atoms with Gasteiger partial charge < -0.3 is 14.4 Å². The van der Waals surface area contributed by atoms with Crippen molar-refractivity contribution in [2.45, 2.75) is 27.2 Å². The topological polar surface area (TPSA) is 84.9 Å². The Morgan fingerprint density at radius 3 is 2.50 bits per heavy atom. The van der Waals surface area contributed by atoms with Crippen LogP contribution in [0.2, 0.25) is 0 Å². The van der Waals surface area contributed by atoms with Gasteiger partial charge in [-0.05, 0) is 43.4 Å². The summed E-state index contributed by atoms with van der Waals surface area (Å²) in [5.74, 6) is 0.106. The minimum atomic E-state index is -0.607. The van der Waals surface area contributed by atoms with Crippen LogP contribution in [0.3, 0.4) is 0 Å². The Hall–Kier alpha value is -2.57. The van der Waals surface area contributed by atoms with Crippen LogP contribution in [0.1, 0.15) is 37.6 Å². The minimum absolute atomic E-state index is 0.183. The molecule has 0 radical (unpaired) electrons. The van der Waals surface area contributed by atoms with Gasteiger partial charge in [0.15, 0.2) is 6.61 Å². The lowest BCUT2D eigenvalue weighted by atomic mass is 9.92. The van der Waals surface area contributed by atoms with Crippen LogP contribution in [-0.4, -0.2) is 49.2 Å². The summed E-state index contributed by atoms with van der Waals surface area (Å²) >= 11 is 0. The standard InChI is InChI=1S/C19H26N2O5/c1-4-25-19(24)20-16-7-5-6-15(9-16)18(23)26-12-17(22)21-10-13(2)8-14(3)11-21/h5-7,9,13-14H,4,8,10-12H2,1-3H3,(H,20,24). The van der Waals surface area contributed by atoms with Crippen molar-refractivity contribution >= 4 is 23.7 Å². The summed E-state index contributed by atoms with van der Waals surface area (Å²) in [6.45, 7) is 7.29. The molecule has 2 amide bonds. The van der Waals surface area contributed by atoms with Gasteiger partial charge in [0.2, 0.25) is 0 Å². The second-order valence-corrected chi connectivity index (χ2v) is 6.75. The number of nitrogens with zero attached hydrogens (tertiary/aromatic N) is 1. The van der Waals surface area contributed by atoms with Crippen LogP contribution in [-0.2, 0) is 14.3 Å². The van der Waals surface area contributed by atoms with Crippen LogP contribution >= 0.6 is 0 Å². The van der Waals surface area contributed by atoms with Gasteiger partial charge in [-0.2, -0.15) is 0 Å². The Bertz CT molecular complexity index is 651. The quantitative estimate of drug-likeness (QED) is 0.814. The number of piperidine rings is 1. The SMILES string of the molecule is CCOC(=O)Nc1cccc(C(=O)OCC(=O)N2CC(C)CC(C)C2)c1. The molecule has 2 unspecified atom stereocenters. The largest absolute Gasteiger partial charge is 0.452 e. The van der Waals surface area contributed by atoms with Gasteiger partial charge in [-0.1, -0.05) is 19.9 Å². The maximum Gasteiger partial charge on any atom is 0.411 e. The van der Waals surface area contributed by atoms with Gasteiger partial charge in [0.05, 0.1) is 12.2 Å². The first-order chi connectivity index (χ1) is 12.4. The predicted octanol–water partition coefficient (Wildman–Crippen LogP) is 2.92. The zero-order valence-electron chi connectivity index (χ0n) is 15.5. The molecule has 1 aromatic carbocycles. The van der Waals surface area contributed by atoms with E-state index in [1.54, 1.807) is 30.0 Å². The summed E-state index contributed by atoms with van der Waals surface area (Å²) < 4.78 is 9.94. The number of ether oxygens (including phenoxy) is 2. The van der Waals surface area contributed by atoms with Crippen molar-refractivity contribution in [2.75, 3.05) is 31.6 Å². The molecule has 0 aromatic heterocycles. The van der Waals surface area contributed by atoms with Crippen molar-refractivity contribution in [2.24, 2.45) is 11.8 Å². The fourth-order valence-corrected chi connectivity index (χ4v) is 3.18. The number of hydrogen-bond acceptors (Lipinski definition) is 5. The maximum absolute atomic E-state index is 12.3. The summed E-state index contributed by atoms with van der Waals surface area (Å²) in [6.07, 6.45) is 0.505. The molecule has 7 heteroatoms. The van der Waals surface area contributed by atoms with Crippen LogP contribution < -0.4 is 5.32 Å². The van der Waals surface area contributed by atoms with Gasteiger partial charge in [0.25, 0.3) is 5.91 Å². The highest BCUT2D eigenvalue weighted by molar-refractivity contribution is 5.93. The Balaban J connectivity index is 1.89. The molecule has 1 N–H and O–H groups in total. The van der Waals surface area contributed by atoms with Crippen LogP contribution in [0.4, 0.5) is 10.5 Å². The normalized spacial score (nSPS) is 19.6. The van der Waals surface area contributed by atoms with Crippen LogP contribution in [0.25, 0.3) is 0 Å². The average Bonchev–Trinajstić information content (AvgIpc) is 2.59. The van der Waals surface area contributed by atoms with Gasteiger partial charge in [-0.3, -0.25) is 10.1 Å². The molecular formula is C19H26N2O5. The number of hydrogen-bond donors (Lipinski definition) is 1. The van der Waals surface area contributed by atoms with Gasteiger partial charge in [-0.15, -0.1) is 0 Å². The lowest BCUT2D eigenvalue weighted by Gasteiger charge is -2.34. The van der Waals surface area contributed by atoms with Crippen molar-refractivity contribution in [3.63, 3.8) is 0 Å². The number of rotatable bonds is 5. The number of carbonyl (C=O) groups is 3.